The van der Waals surface area contributed by atoms with Gasteiger partial charge in [0.25, 0.3) is 5.56 Å². The molecule has 28 heavy (non-hydrogen) atoms. The van der Waals surface area contributed by atoms with Gasteiger partial charge in [0.05, 0.1) is 34.1 Å². The highest BCUT2D eigenvalue weighted by Gasteiger charge is 2.18. The molecule has 7 nitrogen and oxygen atoms in total. The van der Waals surface area contributed by atoms with Gasteiger partial charge in [0, 0.05) is 24.4 Å². The lowest BCUT2D eigenvalue weighted by molar-refractivity contribution is 0.677. The number of aromatic nitrogens is 6. The first-order chi connectivity index (χ1) is 13.7. The van der Waals surface area contributed by atoms with Crippen molar-refractivity contribution in [1.82, 2.24) is 28.9 Å². The van der Waals surface area contributed by atoms with Crippen LogP contribution in [0.5, 0.6) is 0 Å². The molecule has 0 bridgehead atoms. The number of rotatable bonds is 4. The molecule has 0 spiro atoms. The summed E-state index contributed by atoms with van der Waals surface area (Å²) in [5.41, 5.74) is 4.00. The van der Waals surface area contributed by atoms with Crippen LogP contribution in [0.15, 0.2) is 53.6 Å². The molecule has 0 radical (unpaired) electrons. The maximum absolute atomic E-state index is 13.2. The van der Waals surface area contributed by atoms with Crippen LogP contribution in [-0.4, -0.2) is 35.2 Å². The van der Waals surface area contributed by atoms with Crippen LogP contribution in [0, 0.1) is 0 Å². The van der Waals surface area contributed by atoms with E-state index in [9.17, 15) is 4.79 Å². The number of pyridine rings is 1. The van der Waals surface area contributed by atoms with Crippen LogP contribution in [0.1, 0.15) is 6.92 Å². The number of hydrogen-bond donors (Lipinski definition) is 0. The highest BCUT2D eigenvalue weighted by molar-refractivity contribution is 7.97. The molecule has 0 aliphatic heterocycles. The molecule has 5 aromatic rings. The van der Waals surface area contributed by atoms with E-state index in [-0.39, 0.29) is 5.56 Å². The molecule has 0 unspecified atom stereocenters. The third-order valence-electron chi connectivity index (χ3n) is 4.92. The summed E-state index contributed by atoms with van der Waals surface area (Å²) in [6.07, 6.45) is 5.49. The van der Waals surface area contributed by atoms with Crippen molar-refractivity contribution < 1.29 is 0 Å². The molecule has 0 fully saturated rings. The van der Waals surface area contributed by atoms with Crippen molar-refractivity contribution in [2.24, 2.45) is 0 Å². The minimum Gasteiger partial charge on any atom is -0.315 e. The third-order valence-corrected chi connectivity index (χ3v) is 5.44. The molecule has 5 rings (SSSR count). The standard InChI is InChI=1S/C20H18N6OS/c1-3-25-19-14(11-22-25)18-15(10-21-19)20(27)26-17(24(18)12-28-2)9-16(23-26)13-7-5-4-6-8-13/h4-11H,3,12H2,1-2H3. The second kappa shape index (κ2) is 6.49. The average molecular weight is 390 g/mol. The molecule has 0 saturated heterocycles. The van der Waals surface area contributed by atoms with Gasteiger partial charge >= 0.3 is 0 Å². The highest BCUT2D eigenvalue weighted by atomic mass is 32.2. The van der Waals surface area contributed by atoms with Crippen molar-refractivity contribution in [3.63, 3.8) is 0 Å². The zero-order valence-electron chi connectivity index (χ0n) is 15.5. The Hall–Kier alpha value is -3.13. The smallest absolute Gasteiger partial charge is 0.283 e. The summed E-state index contributed by atoms with van der Waals surface area (Å²) in [6.45, 7) is 2.75. The van der Waals surface area contributed by atoms with Crippen molar-refractivity contribution >= 4 is 39.3 Å². The Morgan fingerprint density at radius 1 is 1.11 bits per heavy atom. The number of nitrogens with zero attached hydrogens (tertiary/aromatic N) is 6. The third kappa shape index (κ3) is 2.37. The maximum Gasteiger partial charge on any atom is 0.283 e. The van der Waals surface area contributed by atoms with E-state index < -0.39 is 0 Å². The summed E-state index contributed by atoms with van der Waals surface area (Å²) in [5, 5.41) is 10.5. The van der Waals surface area contributed by atoms with Crippen molar-refractivity contribution in [1.29, 1.82) is 0 Å². The molecular formula is C20H18N6OS. The van der Waals surface area contributed by atoms with Gasteiger partial charge in [-0.2, -0.15) is 14.7 Å². The minimum absolute atomic E-state index is 0.164. The molecule has 0 aliphatic rings. The molecule has 1 aromatic carbocycles. The van der Waals surface area contributed by atoms with Crippen LogP contribution >= 0.6 is 11.8 Å². The Kier molecular flexibility index (Phi) is 3.94. The van der Waals surface area contributed by atoms with Gasteiger partial charge in [-0.15, -0.1) is 11.8 Å². The van der Waals surface area contributed by atoms with E-state index in [1.807, 2.05) is 54.3 Å². The van der Waals surface area contributed by atoms with Gasteiger partial charge in [-0.1, -0.05) is 30.3 Å². The quantitative estimate of drug-likeness (QED) is 0.470. The summed E-state index contributed by atoms with van der Waals surface area (Å²) in [7, 11) is 0. The number of aryl methyl sites for hydroxylation is 1. The van der Waals surface area contributed by atoms with Gasteiger partial charge in [0.15, 0.2) is 5.65 Å². The minimum atomic E-state index is -0.164. The van der Waals surface area contributed by atoms with Crippen LogP contribution in [-0.2, 0) is 12.4 Å². The van der Waals surface area contributed by atoms with E-state index in [1.165, 1.54) is 4.52 Å². The van der Waals surface area contributed by atoms with Crippen molar-refractivity contribution in [2.75, 3.05) is 6.26 Å². The molecule has 4 aromatic heterocycles. The van der Waals surface area contributed by atoms with Crippen molar-refractivity contribution in [3.05, 3.63) is 59.1 Å². The van der Waals surface area contributed by atoms with E-state index in [1.54, 1.807) is 24.2 Å². The monoisotopic (exact) mass is 390 g/mol. The molecule has 0 N–H and O–H groups in total. The van der Waals surface area contributed by atoms with E-state index in [4.69, 9.17) is 0 Å². The van der Waals surface area contributed by atoms with Gasteiger partial charge in [0.1, 0.15) is 5.65 Å². The number of thioether (sulfide) groups is 1. The lowest BCUT2D eigenvalue weighted by Crippen LogP contribution is -2.19. The Bertz CT molecular complexity index is 1380. The molecule has 140 valence electrons. The normalized spacial score (nSPS) is 11.8. The number of hydrogen-bond acceptors (Lipinski definition) is 5. The van der Waals surface area contributed by atoms with Gasteiger partial charge in [-0.05, 0) is 13.2 Å². The SMILES string of the molecule is CCn1ncc2c1ncc1c(=O)n3nc(-c4ccccc4)cc3n(CSC)c12. The topological polar surface area (TPSA) is 70.0 Å². The molecular weight excluding hydrogens is 372 g/mol. The Morgan fingerprint density at radius 3 is 2.68 bits per heavy atom. The molecule has 4 heterocycles. The lowest BCUT2D eigenvalue weighted by atomic mass is 10.1. The highest BCUT2D eigenvalue weighted by Crippen LogP contribution is 2.26. The first-order valence-electron chi connectivity index (χ1n) is 9.04. The molecule has 0 aliphatic carbocycles. The fourth-order valence-corrected chi connectivity index (χ4v) is 4.16. The molecule has 0 amide bonds. The van der Waals surface area contributed by atoms with Gasteiger partial charge in [-0.25, -0.2) is 9.67 Å². The van der Waals surface area contributed by atoms with Gasteiger partial charge in [0.2, 0.25) is 0 Å². The van der Waals surface area contributed by atoms with E-state index >= 15 is 0 Å². The van der Waals surface area contributed by atoms with Gasteiger partial charge < -0.3 is 4.57 Å². The van der Waals surface area contributed by atoms with E-state index in [0.717, 1.165) is 40.0 Å². The van der Waals surface area contributed by atoms with Crippen molar-refractivity contribution in [2.45, 2.75) is 19.3 Å². The molecule has 0 atom stereocenters. The summed E-state index contributed by atoms with van der Waals surface area (Å²) >= 11 is 1.69. The van der Waals surface area contributed by atoms with Crippen LogP contribution in [0.4, 0.5) is 0 Å². The first kappa shape index (κ1) is 17.0. The average Bonchev–Trinajstić information content (AvgIpc) is 3.36. The molecule has 8 heteroatoms. The second-order valence-corrected chi connectivity index (χ2v) is 7.37. The van der Waals surface area contributed by atoms with Crippen molar-refractivity contribution in [3.8, 4) is 11.3 Å². The summed E-state index contributed by atoms with van der Waals surface area (Å²) in [6, 6.07) is 11.9. The van der Waals surface area contributed by atoms with E-state index in [0.29, 0.717) is 11.3 Å². The fraction of sp³-hybridized carbons (Fsp3) is 0.200. The van der Waals surface area contributed by atoms with Crippen LogP contribution < -0.4 is 5.56 Å². The number of fused-ring (bicyclic) bond motifs is 4. The van der Waals surface area contributed by atoms with Gasteiger partial charge in [-0.3, -0.25) is 4.79 Å². The van der Waals surface area contributed by atoms with Crippen LogP contribution in [0.3, 0.4) is 0 Å². The predicted octanol–water partition coefficient (Wildman–Crippen LogP) is 3.40. The van der Waals surface area contributed by atoms with E-state index in [2.05, 4.69) is 19.7 Å². The zero-order chi connectivity index (χ0) is 19.3. The number of benzene rings is 1. The summed E-state index contributed by atoms with van der Waals surface area (Å²) in [4.78, 5) is 17.7. The zero-order valence-corrected chi connectivity index (χ0v) is 16.3. The summed E-state index contributed by atoms with van der Waals surface area (Å²) < 4.78 is 5.46. The Morgan fingerprint density at radius 2 is 1.93 bits per heavy atom. The lowest BCUT2D eigenvalue weighted by Gasteiger charge is -2.12. The Balaban J connectivity index is 1.94. The molecule has 0 saturated carbocycles. The first-order valence-corrected chi connectivity index (χ1v) is 10.4. The fourth-order valence-electron chi connectivity index (χ4n) is 3.64. The maximum atomic E-state index is 13.2. The summed E-state index contributed by atoms with van der Waals surface area (Å²) in [5.74, 6) is 0.691. The predicted molar refractivity (Wildman–Crippen MR) is 113 cm³/mol. The largest absolute Gasteiger partial charge is 0.315 e. The van der Waals surface area contributed by atoms with Crippen LogP contribution in [0.2, 0.25) is 0 Å². The Labute approximate surface area is 164 Å². The van der Waals surface area contributed by atoms with Crippen LogP contribution in [0.25, 0.3) is 38.8 Å². The second-order valence-electron chi connectivity index (χ2n) is 6.53.